The van der Waals surface area contributed by atoms with Crippen molar-refractivity contribution in [1.82, 2.24) is 9.97 Å². The summed E-state index contributed by atoms with van der Waals surface area (Å²) in [7, 11) is 1.65. The van der Waals surface area contributed by atoms with Gasteiger partial charge < -0.3 is 9.47 Å². The number of rotatable bonds is 7. The summed E-state index contributed by atoms with van der Waals surface area (Å²) in [5.41, 5.74) is 3.73. The third-order valence-corrected chi connectivity index (χ3v) is 5.49. The third-order valence-electron chi connectivity index (χ3n) is 4.57. The summed E-state index contributed by atoms with van der Waals surface area (Å²) in [6, 6.07) is 18.2. The molecule has 0 N–H and O–H groups in total. The summed E-state index contributed by atoms with van der Waals surface area (Å²) in [4.78, 5) is 9.23. The van der Waals surface area contributed by atoms with E-state index in [0.717, 1.165) is 34.5 Å². The van der Waals surface area contributed by atoms with Gasteiger partial charge in [-0.3, -0.25) is 0 Å². The highest BCUT2D eigenvalue weighted by molar-refractivity contribution is 7.98. The highest BCUT2D eigenvalue weighted by Gasteiger charge is 2.13. The van der Waals surface area contributed by atoms with E-state index in [0.29, 0.717) is 5.88 Å². The van der Waals surface area contributed by atoms with Crippen LogP contribution in [0.3, 0.4) is 0 Å². The molecule has 0 aliphatic rings. The van der Waals surface area contributed by atoms with Crippen LogP contribution in [0, 0.1) is 0 Å². The maximum atomic E-state index is 5.95. The van der Waals surface area contributed by atoms with E-state index in [4.69, 9.17) is 9.47 Å². The van der Waals surface area contributed by atoms with Gasteiger partial charge >= 0.3 is 0 Å². The van der Waals surface area contributed by atoms with E-state index in [1.807, 2.05) is 30.3 Å². The van der Waals surface area contributed by atoms with E-state index in [-0.39, 0.29) is 5.41 Å². The molecule has 0 atom stereocenters. The van der Waals surface area contributed by atoms with Crippen molar-refractivity contribution in [2.24, 2.45) is 0 Å². The van der Waals surface area contributed by atoms with E-state index < -0.39 is 0 Å². The zero-order valence-corrected chi connectivity index (χ0v) is 18.5. The van der Waals surface area contributed by atoms with Gasteiger partial charge in [-0.2, -0.15) is 4.98 Å². The summed E-state index contributed by atoms with van der Waals surface area (Å²) in [5.74, 6) is 2.90. The Kier molecular flexibility index (Phi) is 6.80. The first-order valence-corrected chi connectivity index (χ1v) is 10.8. The number of methoxy groups -OCH3 is 1. The van der Waals surface area contributed by atoms with Crippen molar-refractivity contribution in [2.75, 3.05) is 7.11 Å². The number of benzene rings is 2. The van der Waals surface area contributed by atoms with Crippen molar-refractivity contribution in [1.29, 1.82) is 0 Å². The molecule has 0 saturated carbocycles. The van der Waals surface area contributed by atoms with Crippen LogP contribution in [0.4, 0.5) is 0 Å². The van der Waals surface area contributed by atoms with E-state index in [1.54, 1.807) is 18.9 Å². The van der Waals surface area contributed by atoms with Gasteiger partial charge in [0.05, 0.1) is 7.11 Å². The fourth-order valence-electron chi connectivity index (χ4n) is 2.76. The van der Waals surface area contributed by atoms with Crippen LogP contribution in [-0.2, 0) is 17.6 Å². The second-order valence-electron chi connectivity index (χ2n) is 7.85. The van der Waals surface area contributed by atoms with Crippen molar-refractivity contribution in [3.8, 4) is 17.4 Å². The molecule has 4 nitrogen and oxygen atoms in total. The van der Waals surface area contributed by atoms with Gasteiger partial charge in [0, 0.05) is 17.5 Å². The van der Waals surface area contributed by atoms with Gasteiger partial charge in [0.1, 0.15) is 11.5 Å². The van der Waals surface area contributed by atoms with Crippen LogP contribution in [-0.4, -0.2) is 17.1 Å². The Bertz CT molecular complexity index is 933. The zero-order chi connectivity index (χ0) is 20.9. The smallest absolute Gasteiger partial charge is 0.223 e. The van der Waals surface area contributed by atoms with Crippen LogP contribution < -0.4 is 9.47 Å². The van der Waals surface area contributed by atoms with E-state index in [2.05, 4.69) is 61.9 Å². The lowest BCUT2D eigenvalue weighted by Crippen LogP contribution is -2.10. The Hall–Kier alpha value is -2.53. The van der Waals surface area contributed by atoms with Crippen LogP contribution in [0.25, 0.3) is 0 Å². The standard InChI is InChI=1S/C24H28N2O2S/c1-6-19-15-22(28-21-13-11-20(27-5)12-14-21)26-23(25-19)29-16-17-7-9-18(10-8-17)24(2,3)4/h7-15H,6,16H2,1-5H3. The quantitative estimate of drug-likeness (QED) is 0.333. The van der Waals surface area contributed by atoms with E-state index >= 15 is 0 Å². The second kappa shape index (κ2) is 9.31. The predicted molar refractivity (Wildman–Crippen MR) is 119 cm³/mol. The van der Waals surface area contributed by atoms with Crippen LogP contribution in [0.5, 0.6) is 17.4 Å². The highest BCUT2D eigenvalue weighted by atomic mass is 32.2. The summed E-state index contributed by atoms with van der Waals surface area (Å²) < 4.78 is 11.1. The fourth-order valence-corrected chi connectivity index (χ4v) is 3.59. The maximum absolute atomic E-state index is 5.95. The number of ether oxygens (including phenoxy) is 2. The Labute approximate surface area is 177 Å². The molecule has 152 valence electrons. The summed E-state index contributed by atoms with van der Waals surface area (Å²) in [6.07, 6.45) is 0.829. The Morgan fingerprint density at radius 1 is 0.897 bits per heavy atom. The maximum Gasteiger partial charge on any atom is 0.223 e. The molecule has 0 aliphatic heterocycles. The normalized spacial score (nSPS) is 11.3. The molecule has 1 heterocycles. The van der Waals surface area contributed by atoms with Crippen molar-refractivity contribution >= 4 is 11.8 Å². The molecule has 0 saturated heterocycles. The molecule has 3 aromatic rings. The Balaban J connectivity index is 1.71. The van der Waals surface area contributed by atoms with Gasteiger partial charge in [-0.05, 0) is 47.2 Å². The van der Waals surface area contributed by atoms with Crippen molar-refractivity contribution < 1.29 is 9.47 Å². The predicted octanol–water partition coefficient (Wildman–Crippen LogP) is 6.43. The van der Waals surface area contributed by atoms with Gasteiger partial charge in [-0.25, -0.2) is 4.98 Å². The Morgan fingerprint density at radius 2 is 1.55 bits per heavy atom. The van der Waals surface area contributed by atoms with Crippen molar-refractivity contribution in [3.63, 3.8) is 0 Å². The van der Waals surface area contributed by atoms with Crippen molar-refractivity contribution in [2.45, 2.75) is 50.4 Å². The lowest BCUT2D eigenvalue weighted by atomic mass is 9.87. The van der Waals surface area contributed by atoms with Gasteiger partial charge in [0.15, 0.2) is 5.16 Å². The number of hydrogen-bond acceptors (Lipinski definition) is 5. The molecule has 1 aromatic heterocycles. The minimum absolute atomic E-state index is 0.165. The molecule has 0 unspecified atom stereocenters. The van der Waals surface area contributed by atoms with Crippen LogP contribution in [0.1, 0.15) is 44.5 Å². The average Bonchev–Trinajstić information content (AvgIpc) is 2.72. The first kappa shape index (κ1) is 21.2. The fraction of sp³-hybridized carbons (Fsp3) is 0.333. The molecule has 0 aliphatic carbocycles. The van der Waals surface area contributed by atoms with Gasteiger partial charge in [-0.1, -0.05) is 63.7 Å². The number of aromatic nitrogens is 2. The number of nitrogens with zero attached hydrogens (tertiary/aromatic N) is 2. The van der Waals surface area contributed by atoms with E-state index in [1.165, 1.54) is 11.1 Å². The minimum atomic E-state index is 0.165. The summed E-state index contributed by atoms with van der Waals surface area (Å²) in [6.45, 7) is 8.76. The highest BCUT2D eigenvalue weighted by Crippen LogP contribution is 2.28. The molecule has 0 amide bonds. The van der Waals surface area contributed by atoms with Gasteiger partial charge in [0.2, 0.25) is 5.88 Å². The second-order valence-corrected chi connectivity index (χ2v) is 8.79. The molecule has 5 heteroatoms. The molecule has 0 radical (unpaired) electrons. The molecular formula is C24H28N2O2S. The first-order valence-electron chi connectivity index (χ1n) is 9.79. The minimum Gasteiger partial charge on any atom is -0.497 e. The van der Waals surface area contributed by atoms with Crippen LogP contribution in [0.15, 0.2) is 59.8 Å². The zero-order valence-electron chi connectivity index (χ0n) is 17.7. The summed E-state index contributed by atoms with van der Waals surface area (Å²) >= 11 is 1.62. The largest absolute Gasteiger partial charge is 0.497 e. The van der Waals surface area contributed by atoms with Crippen molar-refractivity contribution in [3.05, 3.63) is 71.4 Å². The first-order chi connectivity index (χ1) is 13.9. The average molecular weight is 409 g/mol. The van der Waals surface area contributed by atoms with Crippen LogP contribution >= 0.6 is 11.8 Å². The molecule has 0 fully saturated rings. The lowest BCUT2D eigenvalue weighted by molar-refractivity contribution is 0.411. The van der Waals surface area contributed by atoms with E-state index in [9.17, 15) is 0 Å². The van der Waals surface area contributed by atoms with Gasteiger partial charge in [-0.15, -0.1) is 0 Å². The molecule has 0 spiro atoms. The SMILES string of the molecule is CCc1cc(Oc2ccc(OC)cc2)nc(SCc2ccc(C(C)(C)C)cc2)n1. The molecule has 29 heavy (non-hydrogen) atoms. The summed E-state index contributed by atoms with van der Waals surface area (Å²) in [5, 5.41) is 0.729. The third kappa shape index (κ3) is 5.97. The molecule has 2 aromatic carbocycles. The lowest BCUT2D eigenvalue weighted by Gasteiger charge is -2.19. The van der Waals surface area contributed by atoms with Crippen LogP contribution in [0.2, 0.25) is 0 Å². The molecule has 3 rings (SSSR count). The molecule has 0 bridgehead atoms. The molecular weight excluding hydrogens is 380 g/mol. The monoisotopic (exact) mass is 408 g/mol. The number of thioether (sulfide) groups is 1. The number of hydrogen-bond donors (Lipinski definition) is 0. The number of aryl methyl sites for hydroxylation is 1. The van der Waals surface area contributed by atoms with Gasteiger partial charge in [0.25, 0.3) is 0 Å². The Morgan fingerprint density at radius 3 is 2.14 bits per heavy atom. The topological polar surface area (TPSA) is 44.2 Å².